The minimum absolute atomic E-state index is 0.179. The third-order valence-electron chi connectivity index (χ3n) is 3.26. The molecule has 0 saturated heterocycles. The van der Waals surface area contributed by atoms with Gasteiger partial charge in [-0.25, -0.2) is 4.98 Å². The normalized spacial score (nSPS) is 19.7. The van der Waals surface area contributed by atoms with E-state index >= 15 is 0 Å². The summed E-state index contributed by atoms with van der Waals surface area (Å²) in [5.41, 5.74) is -0.847. The fraction of sp³-hybridized carbons (Fsp3) is 0.263. The minimum atomic E-state index is -3.10. The smallest absolute Gasteiger partial charge is 0.228 e. The van der Waals surface area contributed by atoms with E-state index in [1.54, 1.807) is 31.2 Å². The number of benzene rings is 1. The van der Waals surface area contributed by atoms with Crippen LogP contribution in [-0.4, -0.2) is 34.2 Å². The maximum Gasteiger partial charge on any atom is 0.228 e. The summed E-state index contributed by atoms with van der Waals surface area (Å²) >= 11 is 0. The van der Waals surface area contributed by atoms with Crippen molar-refractivity contribution in [2.75, 3.05) is 14.0 Å². The number of pyridine rings is 1. The number of likely N-dealkylation sites (N-methyl/N-ethyl adjacent to an activating group) is 1. The largest absolute Gasteiger partial charge is 0.348 e. The summed E-state index contributed by atoms with van der Waals surface area (Å²) < 4.78 is 88.4. The fourth-order valence-corrected chi connectivity index (χ4v) is 2.08. The number of imidazole rings is 1. The topological polar surface area (TPSA) is 37.6 Å². The van der Waals surface area contributed by atoms with Crippen molar-refractivity contribution in [2.24, 2.45) is 0 Å². The minimum Gasteiger partial charge on any atom is -0.348 e. The quantitative estimate of drug-likeness (QED) is 0.743. The zero-order chi connectivity index (χ0) is 26.0. The first-order valence-corrected chi connectivity index (χ1v) is 6.79. The van der Waals surface area contributed by atoms with Gasteiger partial charge in [-0.15, -0.1) is 0 Å². The van der Waals surface area contributed by atoms with E-state index in [2.05, 4.69) is 4.98 Å². The molecule has 2 heterocycles. The van der Waals surface area contributed by atoms with E-state index in [0.29, 0.717) is 9.96 Å². The van der Waals surface area contributed by atoms with Gasteiger partial charge in [-0.2, -0.15) is 0 Å². The number of fused-ring (bicyclic) bond motifs is 1. The monoisotopic (exact) mass is 318 g/mol. The number of amides is 1. The molecule has 0 aliphatic carbocycles. The summed E-state index contributed by atoms with van der Waals surface area (Å²) in [6.45, 7) is -4.16. The zero-order valence-corrected chi connectivity index (χ0v) is 12.6. The fourth-order valence-electron chi connectivity index (χ4n) is 2.08. The predicted molar refractivity (Wildman–Crippen MR) is 92.5 cm³/mol. The second kappa shape index (κ2) is 5.88. The van der Waals surface area contributed by atoms with Crippen LogP contribution in [0.2, 0.25) is 0 Å². The summed E-state index contributed by atoms with van der Waals surface area (Å²) in [5, 5.41) is 0. The van der Waals surface area contributed by atoms with Gasteiger partial charge in [-0.1, -0.05) is 35.9 Å². The van der Waals surface area contributed by atoms with Crippen molar-refractivity contribution in [1.82, 2.24) is 14.3 Å². The first kappa shape index (κ1) is 6.87. The summed E-state index contributed by atoms with van der Waals surface area (Å²) in [6.07, 6.45) is -3.94. The number of hydrogen-bond acceptors (Lipinski definition) is 2. The molecule has 0 saturated carbocycles. The van der Waals surface area contributed by atoms with E-state index in [9.17, 15) is 4.79 Å². The van der Waals surface area contributed by atoms with Gasteiger partial charge >= 0.3 is 0 Å². The van der Waals surface area contributed by atoms with E-state index in [1.165, 1.54) is 0 Å². The van der Waals surface area contributed by atoms with Crippen molar-refractivity contribution < 1.29 is 19.9 Å². The molecule has 0 atom stereocenters. The van der Waals surface area contributed by atoms with Crippen molar-refractivity contribution in [1.29, 1.82) is 0 Å². The van der Waals surface area contributed by atoms with Crippen molar-refractivity contribution >= 4 is 11.6 Å². The Hall–Kier alpha value is -2.62. The Morgan fingerprint density at radius 1 is 1.35 bits per heavy atom. The molecule has 0 fully saturated rings. The molecule has 118 valence electrons. The third-order valence-corrected chi connectivity index (χ3v) is 3.26. The van der Waals surface area contributed by atoms with Gasteiger partial charge in [0.2, 0.25) is 5.91 Å². The number of aromatic nitrogens is 2. The second-order valence-electron chi connectivity index (χ2n) is 5.06. The molecule has 0 radical (unpaired) electrons. The van der Waals surface area contributed by atoms with Crippen LogP contribution in [0.25, 0.3) is 16.9 Å². The molecule has 2 aromatic heterocycles. The maximum atomic E-state index is 13.0. The summed E-state index contributed by atoms with van der Waals surface area (Å²) in [5.74, 6) is -1.47. The van der Waals surface area contributed by atoms with Crippen LogP contribution in [-0.2, 0) is 11.2 Å². The number of hydrogen-bond donors (Lipinski definition) is 0. The first-order valence-electron chi connectivity index (χ1n) is 12.3. The predicted octanol–water partition coefficient (Wildman–Crippen LogP) is 3.25. The van der Waals surface area contributed by atoms with Crippen molar-refractivity contribution in [3.8, 4) is 11.3 Å². The van der Waals surface area contributed by atoms with Gasteiger partial charge in [0.15, 0.2) is 0 Å². The van der Waals surface area contributed by atoms with Gasteiger partial charge < -0.3 is 9.30 Å². The highest BCUT2D eigenvalue weighted by molar-refractivity contribution is 5.81. The average molecular weight is 318 g/mol. The van der Waals surface area contributed by atoms with Gasteiger partial charge in [-0.3, -0.25) is 4.79 Å². The summed E-state index contributed by atoms with van der Waals surface area (Å²) in [4.78, 5) is 17.5. The molecule has 3 aromatic rings. The molecular formula is C19H21N3O. The number of carbonyl (C=O) groups is 1. The van der Waals surface area contributed by atoms with Gasteiger partial charge in [0.25, 0.3) is 0 Å². The lowest BCUT2D eigenvalue weighted by Crippen LogP contribution is -2.24. The Labute approximate surface area is 151 Å². The molecule has 0 bridgehead atoms. The highest BCUT2D eigenvalue weighted by Crippen LogP contribution is 2.26. The van der Waals surface area contributed by atoms with Gasteiger partial charge in [0.1, 0.15) is 5.65 Å². The molecule has 23 heavy (non-hydrogen) atoms. The molecular weight excluding hydrogens is 286 g/mol. The van der Waals surface area contributed by atoms with Crippen LogP contribution in [0.15, 0.2) is 42.5 Å². The van der Waals surface area contributed by atoms with E-state index in [1.807, 2.05) is 0 Å². The van der Waals surface area contributed by atoms with E-state index in [4.69, 9.17) is 15.1 Å². The Morgan fingerprint density at radius 3 is 2.83 bits per heavy atom. The summed E-state index contributed by atoms with van der Waals surface area (Å²) in [7, 11) is 0.898. The Kier molecular flexibility index (Phi) is 1.76. The van der Waals surface area contributed by atoms with Gasteiger partial charge in [0, 0.05) is 36.7 Å². The van der Waals surface area contributed by atoms with Crippen LogP contribution in [0.3, 0.4) is 0 Å². The average Bonchev–Trinajstić information content (AvgIpc) is 3.12. The molecule has 0 N–H and O–H groups in total. The van der Waals surface area contributed by atoms with E-state index in [-0.39, 0.29) is 10.6 Å². The molecule has 1 amide bonds. The van der Waals surface area contributed by atoms with Gasteiger partial charge in [0.05, 0.1) is 21.9 Å². The van der Waals surface area contributed by atoms with Crippen LogP contribution < -0.4 is 0 Å². The lowest BCUT2D eigenvalue weighted by molar-refractivity contribution is -0.128. The molecule has 0 spiro atoms. The van der Waals surface area contributed by atoms with Crippen LogP contribution in [0.1, 0.15) is 31.9 Å². The third kappa shape index (κ3) is 2.97. The molecule has 0 aliphatic heterocycles. The highest BCUT2D eigenvalue weighted by atomic mass is 16.2. The Morgan fingerprint density at radius 2 is 2.13 bits per heavy atom. The van der Waals surface area contributed by atoms with Crippen LogP contribution in [0.5, 0.6) is 0 Å². The SMILES string of the molecule is [2H]c1c(C([2H])([2H])[2H])c([2H])n2c(C([2H])([2H])C(=O)N(C)C([2H])([2H])[2H])c(-c3ccc(C)cc3)nc2c1[2H]. The van der Waals surface area contributed by atoms with Crippen LogP contribution in [0.4, 0.5) is 0 Å². The Balaban J connectivity index is 2.51. The van der Waals surface area contributed by atoms with Crippen LogP contribution in [0, 0.1) is 13.8 Å². The Bertz CT molecular complexity index is 1270. The second-order valence-corrected chi connectivity index (χ2v) is 5.06. The number of nitrogens with zero attached hydrogens (tertiary/aromatic N) is 3. The molecule has 4 heteroatoms. The molecule has 3 rings (SSSR count). The number of aryl methyl sites for hydroxylation is 1. The molecule has 1 aromatic carbocycles. The first-order chi connectivity index (χ1) is 15.4. The van der Waals surface area contributed by atoms with Gasteiger partial charge in [-0.05, 0) is 25.4 Å². The van der Waals surface area contributed by atoms with Crippen molar-refractivity contribution in [3.05, 3.63) is 59.3 Å². The van der Waals surface area contributed by atoms with Crippen molar-refractivity contribution in [3.63, 3.8) is 0 Å². The van der Waals surface area contributed by atoms with Crippen LogP contribution >= 0.6 is 0 Å². The standard InChI is InChI=1S/C19H21N3O/c1-13-5-8-15(9-6-13)19-16(11-18(23)21(3)4)22-12-14(2)7-10-17(22)20-19/h5-10,12H,11H2,1-4H3/i2D3,3D3,7D,10D,11D2,12D. The zero-order valence-electron chi connectivity index (χ0n) is 23.6. The molecule has 0 unspecified atom stereocenters. The molecule has 4 nitrogen and oxygen atoms in total. The van der Waals surface area contributed by atoms with Crippen molar-refractivity contribution in [2.45, 2.75) is 20.1 Å². The number of rotatable bonds is 3. The molecule has 0 aliphatic rings. The highest BCUT2D eigenvalue weighted by Gasteiger charge is 2.18. The maximum absolute atomic E-state index is 13.0. The van der Waals surface area contributed by atoms with E-state index < -0.39 is 61.3 Å². The number of carbonyl (C=O) groups excluding carboxylic acids is 1. The lowest BCUT2D eigenvalue weighted by Gasteiger charge is -2.11. The van der Waals surface area contributed by atoms with E-state index in [0.717, 1.165) is 12.6 Å². The summed E-state index contributed by atoms with van der Waals surface area (Å²) in [6, 6.07) is 5.05. The lowest BCUT2D eigenvalue weighted by atomic mass is 10.1.